The van der Waals surface area contributed by atoms with Crippen LogP contribution in [0, 0.1) is 0 Å². The van der Waals surface area contributed by atoms with Crippen molar-refractivity contribution in [1.29, 1.82) is 0 Å². The molecule has 1 N–H and O–H groups in total. The van der Waals surface area contributed by atoms with Gasteiger partial charge in [0.1, 0.15) is 24.2 Å². The van der Waals surface area contributed by atoms with Gasteiger partial charge >= 0.3 is 5.97 Å². The van der Waals surface area contributed by atoms with Gasteiger partial charge in [0.2, 0.25) is 0 Å². The van der Waals surface area contributed by atoms with Gasteiger partial charge in [0.15, 0.2) is 5.78 Å². The molecule has 0 aromatic rings. The van der Waals surface area contributed by atoms with E-state index in [0.717, 1.165) is 0 Å². The number of carbonyl (C=O) groups excluding carboxylic acids is 2. The fraction of sp³-hybridized carbons (Fsp3) is 0.846. The third-order valence-corrected chi connectivity index (χ3v) is 4.93. The first-order chi connectivity index (χ1) is 8.42. The van der Waals surface area contributed by atoms with Crippen LogP contribution in [0.1, 0.15) is 27.2 Å². The fourth-order valence-corrected chi connectivity index (χ4v) is 3.60. The maximum atomic E-state index is 11.8. The number of aliphatic hydroxyl groups is 1. The molecule has 1 aliphatic heterocycles. The molecule has 0 aromatic heterocycles. The largest absolute Gasteiger partial charge is 0.460 e. The second-order valence-electron chi connectivity index (χ2n) is 7.06. The molecule has 1 rings (SSSR count). The zero-order valence-electron chi connectivity index (χ0n) is 12.5. The topological polar surface area (TPSA) is 76.1 Å². The highest BCUT2D eigenvalue weighted by molar-refractivity contribution is 6.78. The van der Waals surface area contributed by atoms with Crippen LogP contribution in [0.4, 0.5) is 0 Å². The van der Waals surface area contributed by atoms with E-state index in [2.05, 4.69) is 19.6 Å². The molecule has 0 aliphatic carbocycles. The minimum absolute atomic E-state index is 0.00918. The van der Waals surface area contributed by atoms with Gasteiger partial charge in [0, 0.05) is 0 Å². The van der Waals surface area contributed by atoms with Gasteiger partial charge in [-0.2, -0.15) is 0 Å². The van der Waals surface area contributed by atoms with Gasteiger partial charge in [-0.15, -0.1) is 0 Å². The number of ether oxygens (including phenoxy) is 2. The average Bonchev–Trinajstić information content (AvgIpc) is 2.90. The monoisotopic (exact) mass is 288 g/mol. The molecule has 1 saturated heterocycles. The smallest absolute Gasteiger partial charge is 0.313 e. The predicted octanol–water partition coefficient (Wildman–Crippen LogP) is 1.29. The molecule has 0 saturated carbocycles. The second-order valence-corrected chi connectivity index (χ2v) is 12.4. The molecule has 0 amide bonds. The molecule has 0 bridgehead atoms. The molecule has 5 nitrogen and oxygen atoms in total. The Morgan fingerprint density at radius 2 is 1.84 bits per heavy atom. The number of hydrogen-bond acceptors (Lipinski definition) is 5. The first kappa shape index (κ1) is 16.3. The van der Waals surface area contributed by atoms with Crippen molar-refractivity contribution in [3.05, 3.63) is 0 Å². The number of aliphatic hydroxyl groups excluding tert-OH is 1. The van der Waals surface area contributed by atoms with Crippen molar-refractivity contribution >= 4 is 19.8 Å². The normalized spacial score (nSPS) is 24.8. The molecular weight excluding hydrogens is 264 g/mol. The number of esters is 1. The third-order valence-electron chi connectivity index (χ3n) is 2.76. The first-order valence-electron chi connectivity index (χ1n) is 6.50. The predicted molar refractivity (Wildman–Crippen MR) is 73.5 cm³/mol. The second kappa shape index (κ2) is 5.34. The van der Waals surface area contributed by atoms with E-state index < -0.39 is 44.1 Å². The molecule has 0 radical (unpaired) electrons. The average molecular weight is 288 g/mol. The maximum absolute atomic E-state index is 11.8. The molecule has 0 unspecified atom stereocenters. The lowest BCUT2D eigenvalue weighted by molar-refractivity contribution is -0.157. The number of Topliss-reactive ketones (excluding diaryl/α,β-unsaturated/α-hetero) is 1. The number of epoxide rings is 1. The van der Waals surface area contributed by atoms with Gasteiger partial charge < -0.3 is 14.6 Å². The van der Waals surface area contributed by atoms with Gasteiger partial charge in [-0.1, -0.05) is 19.6 Å². The van der Waals surface area contributed by atoms with Crippen molar-refractivity contribution < 1.29 is 24.2 Å². The molecule has 1 fully saturated rings. The Labute approximate surface area is 115 Å². The molecule has 1 aliphatic rings. The van der Waals surface area contributed by atoms with E-state index in [1.165, 1.54) is 0 Å². The molecule has 6 heteroatoms. The van der Waals surface area contributed by atoms with E-state index in [9.17, 15) is 14.7 Å². The summed E-state index contributed by atoms with van der Waals surface area (Å²) in [6, 6.07) is 0. The Bertz CT molecular complexity index is 366. The summed E-state index contributed by atoms with van der Waals surface area (Å²) in [7, 11) is -1.52. The lowest BCUT2D eigenvalue weighted by Crippen LogP contribution is -2.37. The van der Waals surface area contributed by atoms with E-state index >= 15 is 0 Å². The van der Waals surface area contributed by atoms with Crippen LogP contribution in [0.2, 0.25) is 19.6 Å². The van der Waals surface area contributed by atoms with Gasteiger partial charge in [0.25, 0.3) is 0 Å². The SMILES string of the molecule is CC(C)(C)OC(=O)CC(=O)[C@H](O)[C@@H]1O[C@H]1[Si](C)(C)C. The van der Waals surface area contributed by atoms with Gasteiger partial charge in [-0.05, 0) is 20.8 Å². The van der Waals surface area contributed by atoms with Crippen LogP contribution in [-0.4, -0.2) is 48.5 Å². The summed E-state index contributed by atoms with van der Waals surface area (Å²) in [4.78, 5) is 23.3. The Hall–Kier alpha value is -0.723. The molecule has 0 aromatic carbocycles. The Morgan fingerprint density at radius 3 is 2.21 bits per heavy atom. The zero-order valence-corrected chi connectivity index (χ0v) is 13.5. The third kappa shape index (κ3) is 5.04. The van der Waals surface area contributed by atoms with Crippen LogP contribution >= 0.6 is 0 Å². The van der Waals surface area contributed by atoms with E-state index in [-0.39, 0.29) is 5.73 Å². The van der Waals surface area contributed by atoms with Crippen molar-refractivity contribution in [3.63, 3.8) is 0 Å². The zero-order chi connectivity index (χ0) is 15.0. The first-order valence-corrected chi connectivity index (χ1v) is 10.1. The standard InChI is InChI=1S/C13H24O5Si/c1-13(2,3)18-9(15)7-8(14)10(16)11-12(17-11)19(4,5)6/h10-12,16H,7H2,1-6H3/t10-,11-,12-/m0/s1. The summed E-state index contributed by atoms with van der Waals surface area (Å²) >= 11 is 0. The number of carbonyl (C=O) groups is 2. The minimum atomic E-state index is -1.52. The lowest BCUT2D eigenvalue weighted by Gasteiger charge is -2.19. The summed E-state index contributed by atoms with van der Waals surface area (Å²) in [5.41, 5.74) is -0.635. The minimum Gasteiger partial charge on any atom is -0.460 e. The Kier molecular flexibility index (Phi) is 4.59. The molecule has 3 atom stereocenters. The van der Waals surface area contributed by atoms with Gasteiger partial charge in [-0.3, -0.25) is 9.59 Å². The highest BCUT2D eigenvalue weighted by atomic mass is 28.3. The van der Waals surface area contributed by atoms with Crippen molar-refractivity contribution in [2.45, 2.75) is 70.4 Å². The maximum Gasteiger partial charge on any atom is 0.313 e. The van der Waals surface area contributed by atoms with Crippen molar-refractivity contribution in [3.8, 4) is 0 Å². The Morgan fingerprint density at radius 1 is 1.32 bits per heavy atom. The number of rotatable bonds is 5. The van der Waals surface area contributed by atoms with Crippen LogP contribution in [0.5, 0.6) is 0 Å². The lowest BCUT2D eigenvalue weighted by atomic mass is 10.1. The number of ketones is 1. The van der Waals surface area contributed by atoms with Crippen LogP contribution in [-0.2, 0) is 19.1 Å². The van der Waals surface area contributed by atoms with Crippen LogP contribution in [0.15, 0.2) is 0 Å². The molecule has 1 heterocycles. The van der Waals surface area contributed by atoms with E-state index in [1.807, 2.05) is 0 Å². The van der Waals surface area contributed by atoms with Crippen molar-refractivity contribution in [1.82, 2.24) is 0 Å². The molecule has 0 spiro atoms. The van der Waals surface area contributed by atoms with Crippen molar-refractivity contribution in [2.24, 2.45) is 0 Å². The summed E-state index contributed by atoms with van der Waals surface area (Å²) in [6.45, 7) is 11.5. The van der Waals surface area contributed by atoms with Crippen LogP contribution in [0.3, 0.4) is 0 Å². The highest BCUT2D eigenvalue weighted by Crippen LogP contribution is 2.34. The molecular formula is C13H24O5Si. The molecule has 19 heavy (non-hydrogen) atoms. The van der Waals surface area contributed by atoms with Crippen LogP contribution in [0.25, 0.3) is 0 Å². The van der Waals surface area contributed by atoms with E-state index in [1.54, 1.807) is 20.8 Å². The van der Waals surface area contributed by atoms with E-state index in [4.69, 9.17) is 9.47 Å². The van der Waals surface area contributed by atoms with Gasteiger partial charge in [-0.25, -0.2) is 0 Å². The summed E-state index contributed by atoms with van der Waals surface area (Å²) in [5.74, 6) is -1.14. The Balaban J connectivity index is 2.45. The highest BCUT2D eigenvalue weighted by Gasteiger charge is 2.53. The fourth-order valence-electron chi connectivity index (χ4n) is 1.87. The van der Waals surface area contributed by atoms with Gasteiger partial charge in [0.05, 0.1) is 13.8 Å². The summed E-state index contributed by atoms with van der Waals surface area (Å²) < 4.78 is 10.4. The van der Waals surface area contributed by atoms with E-state index in [0.29, 0.717) is 0 Å². The van der Waals surface area contributed by atoms with Crippen LogP contribution < -0.4 is 0 Å². The summed E-state index contributed by atoms with van der Waals surface area (Å²) in [6.07, 6.45) is -2.07. The number of hydrogen-bond donors (Lipinski definition) is 1. The molecule has 110 valence electrons. The van der Waals surface area contributed by atoms with Crippen molar-refractivity contribution in [2.75, 3.05) is 0 Å². The summed E-state index contributed by atoms with van der Waals surface area (Å²) in [5, 5.41) is 9.88. The quantitative estimate of drug-likeness (QED) is 0.357.